The van der Waals surface area contributed by atoms with E-state index in [2.05, 4.69) is 61.7 Å². The molecule has 5 heterocycles. The number of hydrogen-bond donors (Lipinski definition) is 5. The summed E-state index contributed by atoms with van der Waals surface area (Å²) >= 11 is 0. The van der Waals surface area contributed by atoms with Crippen LogP contribution in [0.25, 0.3) is 45.4 Å². The van der Waals surface area contributed by atoms with Crippen molar-refractivity contribution in [2.24, 2.45) is 0 Å². The molecule has 11 nitrogen and oxygen atoms in total. The fraction of sp³-hybridized carbons (Fsp3) is 0.262. The molecule has 0 spiro atoms. The Kier molecular flexibility index (Phi) is 10.6. The fourth-order valence-corrected chi connectivity index (χ4v) is 7.24. The molecule has 0 fully saturated rings. The first-order valence-corrected chi connectivity index (χ1v) is 17.6. The number of H-pyrrole nitrogens is 2. The minimum atomic E-state index is -0.601. The zero-order valence-corrected chi connectivity index (χ0v) is 30.8. The molecule has 2 aliphatic heterocycles. The van der Waals surface area contributed by atoms with Crippen LogP contribution in [0.5, 0.6) is 0 Å². The number of benzene rings is 1. The number of fused-ring (bicyclic) bond motifs is 8. The van der Waals surface area contributed by atoms with Gasteiger partial charge in [-0.25, -0.2) is 15.3 Å². The number of ether oxygens (including phenoxy) is 1. The molecule has 4 aromatic rings. The summed E-state index contributed by atoms with van der Waals surface area (Å²) in [5.41, 5.74) is 14.6. The number of methoxy groups -OCH3 is 1. The molecule has 3 aromatic heterocycles. The van der Waals surface area contributed by atoms with Crippen LogP contribution in [0.15, 0.2) is 61.3 Å². The number of aromatic amines is 2. The highest BCUT2D eigenvalue weighted by Crippen LogP contribution is 2.41. The highest BCUT2D eigenvalue weighted by Gasteiger charge is 2.31. The van der Waals surface area contributed by atoms with E-state index in [4.69, 9.17) is 19.9 Å². The molecule has 0 unspecified atom stereocenters. The molecular weight excluding hydrogens is 668 g/mol. The van der Waals surface area contributed by atoms with Gasteiger partial charge in [0.2, 0.25) is 5.91 Å². The SMILES string of the molecule is C=Cc1c(C)c2cc3nc(cc4nc(cc5[nH]c(cc1[nH]2)c(C)c5CC)C(C)=C4C(=O)OC)[C@@H](CCC(=O)N/C=C/c1ccc(C(=O)NO)cc1)[C@@H]3C. The van der Waals surface area contributed by atoms with Crippen molar-refractivity contribution in [1.82, 2.24) is 30.7 Å². The number of nitrogens with zero attached hydrogens (tertiary/aromatic N) is 2. The Morgan fingerprint density at radius 2 is 1.64 bits per heavy atom. The number of allylic oxidation sites excluding steroid dienone is 1. The maximum absolute atomic E-state index is 13.2. The van der Waals surface area contributed by atoms with Crippen molar-refractivity contribution in [1.29, 1.82) is 0 Å². The van der Waals surface area contributed by atoms with Crippen molar-refractivity contribution < 1.29 is 24.3 Å². The summed E-state index contributed by atoms with van der Waals surface area (Å²) in [7, 11) is 1.37. The molecule has 2 aliphatic rings. The second-order valence-electron chi connectivity index (χ2n) is 13.4. The Morgan fingerprint density at radius 3 is 2.32 bits per heavy atom. The summed E-state index contributed by atoms with van der Waals surface area (Å²) in [6.45, 7) is 14.4. The molecule has 2 amide bonds. The zero-order chi connectivity index (χ0) is 38.0. The average Bonchev–Trinajstić information content (AvgIpc) is 3.82. The van der Waals surface area contributed by atoms with Crippen molar-refractivity contribution >= 4 is 63.1 Å². The van der Waals surface area contributed by atoms with Gasteiger partial charge in [-0.05, 0) is 104 Å². The van der Waals surface area contributed by atoms with Crippen LogP contribution in [0, 0.1) is 13.8 Å². The van der Waals surface area contributed by atoms with Gasteiger partial charge in [0, 0.05) is 69.0 Å². The Labute approximate surface area is 307 Å². The highest BCUT2D eigenvalue weighted by molar-refractivity contribution is 6.24. The number of carbonyl (C=O) groups is 3. The second-order valence-corrected chi connectivity index (χ2v) is 13.4. The van der Waals surface area contributed by atoms with E-state index in [0.29, 0.717) is 34.5 Å². The summed E-state index contributed by atoms with van der Waals surface area (Å²) in [6, 6.07) is 14.6. The number of hydrogen-bond acceptors (Lipinski definition) is 7. The summed E-state index contributed by atoms with van der Waals surface area (Å²) in [5, 5.41) is 11.7. The smallest absolute Gasteiger partial charge is 0.340 e. The number of amides is 2. The number of esters is 1. The van der Waals surface area contributed by atoms with E-state index in [1.54, 1.807) is 42.0 Å². The van der Waals surface area contributed by atoms with E-state index < -0.39 is 11.9 Å². The first-order valence-electron chi connectivity index (χ1n) is 17.6. The zero-order valence-electron chi connectivity index (χ0n) is 30.8. The monoisotopic (exact) mass is 712 g/mol. The van der Waals surface area contributed by atoms with Crippen LogP contribution in [0.1, 0.15) is 106 Å². The first-order chi connectivity index (χ1) is 25.5. The lowest BCUT2D eigenvalue weighted by molar-refractivity contribution is -0.133. The lowest BCUT2D eigenvalue weighted by Crippen LogP contribution is -2.18. The summed E-state index contributed by atoms with van der Waals surface area (Å²) in [4.78, 5) is 55.2. The molecule has 272 valence electrons. The van der Waals surface area contributed by atoms with Gasteiger partial charge in [-0.15, -0.1) is 0 Å². The molecule has 6 rings (SSSR count). The molecule has 0 saturated carbocycles. The third kappa shape index (κ3) is 7.20. The predicted octanol–water partition coefficient (Wildman–Crippen LogP) is 7.81. The van der Waals surface area contributed by atoms with E-state index in [-0.39, 0.29) is 24.2 Å². The quantitative estimate of drug-likeness (QED) is 0.0672. The molecule has 0 radical (unpaired) electrons. The van der Waals surface area contributed by atoms with Crippen molar-refractivity contribution in [3.63, 3.8) is 0 Å². The van der Waals surface area contributed by atoms with Crippen molar-refractivity contribution in [2.45, 2.75) is 65.7 Å². The third-order valence-corrected chi connectivity index (χ3v) is 10.4. The second kappa shape index (κ2) is 15.3. The third-order valence-electron chi connectivity index (χ3n) is 10.4. The molecule has 8 bridgehead atoms. The lowest BCUT2D eigenvalue weighted by atomic mass is 9.87. The summed E-state index contributed by atoms with van der Waals surface area (Å²) in [6.07, 6.45) is 6.68. The van der Waals surface area contributed by atoms with Crippen LogP contribution in [0.4, 0.5) is 0 Å². The van der Waals surface area contributed by atoms with Gasteiger partial charge in [-0.1, -0.05) is 38.6 Å². The standard InChI is InChI=1S/C42H44N6O5/c1-8-28-22(3)31-18-32-24(5)30(14-15-39(49)43-17-16-26-10-12-27(13-11-26)41(50)48-52)37(46-32)21-38-40(42(51)53-7)25(6)34(47-38)20-36-29(9-2)23(4)33(45-36)19-35(28)44-31/h8,10-13,16-21,24,30,44-45,52H,1,9,14-15H2,2-7H3,(H,43,49)(H,48,50)/b17-16+,31-18?,32-18?,33-19?,34-20?,35-19?,36-20?,37-21?,38-21?/t24-,30-/m0/s1. The first kappa shape index (κ1) is 36.7. The fourth-order valence-electron chi connectivity index (χ4n) is 7.24. The summed E-state index contributed by atoms with van der Waals surface area (Å²) in [5.74, 6) is -1.45. The van der Waals surface area contributed by atoms with Gasteiger partial charge in [0.15, 0.2) is 0 Å². The molecule has 0 saturated heterocycles. The maximum Gasteiger partial charge on any atom is 0.340 e. The van der Waals surface area contributed by atoms with E-state index >= 15 is 0 Å². The van der Waals surface area contributed by atoms with Crippen LogP contribution in [0.2, 0.25) is 0 Å². The Hall–Kier alpha value is -6.07. The highest BCUT2D eigenvalue weighted by atomic mass is 16.5. The predicted molar refractivity (Wildman–Crippen MR) is 208 cm³/mol. The largest absolute Gasteiger partial charge is 0.465 e. The van der Waals surface area contributed by atoms with Gasteiger partial charge >= 0.3 is 5.97 Å². The summed E-state index contributed by atoms with van der Waals surface area (Å²) < 4.78 is 5.23. The minimum absolute atomic E-state index is 0.0548. The minimum Gasteiger partial charge on any atom is -0.465 e. The number of rotatable bonds is 9. The van der Waals surface area contributed by atoms with E-state index in [1.807, 2.05) is 25.1 Å². The maximum atomic E-state index is 13.2. The number of nitrogens with one attached hydrogen (secondary N) is 4. The molecular formula is C42H44N6O5. The van der Waals surface area contributed by atoms with Gasteiger partial charge < -0.3 is 20.0 Å². The molecule has 1 aromatic carbocycles. The van der Waals surface area contributed by atoms with E-state index in [1.165, 1.54) is 7.11 Å². The molecule has 0 aliphatic carbocycles. The average molecular weight is 713 g/mol. The Morgan fingerprint density at radius 1 is 0.925 bits per heavy atom. The van der Waals surface area contributed by atoms with E-state index in [9.17, 15) is 14.4 Å². The van der Waals surface area contributed by atoms with Gasteiger partial charge in [0.1, 0.15) is 0 Å². The topological polar surface area (TPSA) is 162 Å². The van der Waals surface area contributed by atoms with Gasteiger partial charge in [-0.3, -0.25) is 19.8 Å². The number of carbonyl (C=O) groups excluding carboxylic acids is 3. The molecule has 11 heteroatoms. The lowest BCUT2D eigenvalue weighted by Gasteiger charge is -2.15. The van der Waals surface area contributed by atoms with Crippen LogP contribution in [-0.2, 0) is 20.7 Å². The Balaban J connectivity index is 1.43. The number of aromatic nitrogens is 4. The molecule has 53 heavy (non-hydrogen) atoms. The van der Waals surface area contributed by atoms with Crippen LogP contribution in [-0.4, -0.2) is 50.0 Å². The van der Waals surface area contributed by atoms with Gasteiger partial charge in [-0.2, -0.15) is 0 Å². The van der Waals surface area contributed by atoms with Gasteiger partial charge in [0.05, 0.1) is 24.1 Å². The van der Waals surface area contributed by atoms with Gasteiger partial charge in [0.25, 0.3) is 5.91 Å². The van der Waals surface area contributed by atoms with Crippen molar-refractivity contribution in [2.75, 3.05) is 7.11 Å². The van der Waals surface area contributed by atoms with Crippen LogP contribution in [0.3, 0.4) is 0 Å². The van der Waals surface area contributed by atoms with Crippen molar-refractivity contribution in [3.8, 4) is 0 Å². The molecule has 2 atom stereocenters. The van der Waals surface area contributed by atoms with E-state index in [0.717, 1.165) is 67.7 Å². The number of aryl methyl sites for hydroxylation is 3. The molecule has 5 N–H and O–H groups in total. The normalized spacial score (nSPS) is 15.5. The van der Waals surface area contributed by atoms with Crippen LogP contribution < -0.4 is 10.8 Å². The van der Waals surface area contributed by atoms with Crippen LogP contribution >= 0.6 is 0 Å². The Bertz CT molecular complexity index is 2360. The van der Waals surface area contributed by atoms with Crippen molar-refractivity contribution in [3.05, 3.63) is 117 Å². The number of hydroxylamine groups is 1.